The van der Waals surface area contributed by atoms with Crippen LogP contribution in [0.2, 0.25) is 0 Å². The lowest BCUT2D eigenvalue weighted by atomic mass is 9.68. The highest BCUT2D eigenvalue weighted by atomic mass is 19.4. The van der Waals surface area contributed by atoms with Crippen LogP contribution in [-0.4, -0.2) is 89.8 Å². The van der Waals surface area contributed by atoms with Crippen molar-refractivity contribution in [3.63, 3.8) is 0 Å². The van der Waals surface area contributed by atoms with E-state index in [1.54, 1.807) is 38.5 Å². The summed E-state index contributed by atoms with van der Waals surface area (Å²) in [5, 5.41) is 14.0. The van der Waals surface area contributed by atoms with Gasteiger partial charge in [-0.25, -0.2) is 0 Å². The first kappa shape index (κ1) is 72.4. The van der Waals surface area contributed by atoms with Crippen LogP contribution in [0.15, 0.2) is 140 Å². The fourth-order valence-corrected chi connectivity index (χ4v) is 19.9. The summed E-state index contributed by atoms with van der Waals surface area (Å²) in [6.45, 7) is 9.57. The molecule has 6 fully saturated rings. The van der Waals surface area contributed by atoms with E-state index in [-0.39, 0.29) is 46.2 Å². The molecule has 5 aliphatic carbocycles. The first-order valence-corrected chi connectivity index (χ1v) is 40.0. The normalized spacial score (nSPS) is 25.2. The highest BCUT2D eigenvalue weighted by Crippen LogP contribution is 2.63. The topological polar surface area (TPSA) is 113 Å². The molecular formula is C90H107F3N4O8. The van der Waals surface area contributed by atoms with Crippen molar-refractivity contribution in [3.05, 3.63) is 167 Å². The van der Waals surface area contributed by atoms with E-state index in [0.717, 1.165) is 104 Å². The third-order valence-electron chi connectivity index (χ3n) is 26.1. The average Bonchev–Trinajstić information content (AvgIpc) is 1.53. The molecule has 12 nitrogen and oxygen atoms in total. The van der Waals surface area contributed by atoms with E-state index in [0.29, 0.717) is 114 Å². The quantitative estimate of drug-likeness (QED) is 0.0420. The fourth-order valence-electron chi connectivity index (χ4n) is 19.9. The Morgan fingerprint density at radius 3 is 1.34 bits per heavy atom. The Morgan fingerprint density at radius 2 is 0.905 bits per heavy atom. The number of halogens is 3. The Balaban J connectivity index is 0.703. The van der Waals surface area contributed by atoms with Gasteiger partial charge in [-0.2, -0.15) is 13.2 Å². The van der Waals surface area contributed by atoms with Gasteiger partial charge in [-0.05, 0) is 220 Å². The zero-order valence-corrected chi connectivity index (χ0v) is 62.1. The van der Waals surface area contributed by atoms with Crippen LogP contribution in [0.5, 0.6) is 28.7 Å². The molecule has 1 atom stereocenters. The van der Waals surface area contributed by atoms with Crippen LogP contribution in [0.1, 0.15) is 189 Å². The molecule has 0 aromatic heterocycles. The maximum atomic E-state index is 16.4. The zero-order valence-electron chi connectivity index (χ0n) is 62.1. The number of ether oxygens (including phenoxy) is 5. The molecule has 0 amide bonds. The lowest BCUT2D eigenvalue weighted by molar-refractivity contribution is -0.246. The number of rotatable bonds is 21. The van der Waals surface area contributed by atoms with Gasteiger partial charge in [0.15, 0.2) is 5.60 Å². The van der Waals surface area contributed by atoms with Crippen molar-refractivity contribution in [2.75, 3.05) is 86.2 Å². The third kappa shape index (κ3) is 14.7. The van der Waals surface area contributed by atoms with Gasteiger partial charge in [0.05, 0.1) is 37.4 Å². The van der Waals surface area contributed by atoms with Crippen LogP contribution in [-0.2, 0) is 20.8 Å². The Kier molecular flexibility index (Phi) is 21.6. The number of piperazine rings is 2. The number of unbranched alkanes of at least 4 members (excludes halogenated alkanes) is 3. The van der Waals surface area contributed by atoms with Crippen LogP contribution in [0, 0.1) is 47.3 Å². The van der Waals surface area contributed by atoms with Gasteiger partial charge in [0.1, 0.15) is 28.7 Å². The average molecular weight is 1430 g/mol. The van der Waals surface area contributed by atoms with Gasteiger partial charge in [-0.1, -0.05) is 139 Å². The molecule has 0 bridgehead atoms. The molecule has 2 saturated heterocycles. The second-order valence-corrected chi connectivity index (χ2v) is 32.0. The molecule has 7 aromatic rings. The molecule has 3 heterocycles. The summed E-state index contributed by atoms with van der Waals surface area (Å²) in [6.07, 6.45) is 26.6. The molecule has 1 unspecified atom stereocenters. The first-order valence-electron chi connectivity index (χ1n) is 40.0. The predicted octanol–water partition coefficient (Wildman–Crippen LogP) is 20.4. The zero-order chi connectivity index (χ0) is 72.4. The Labute approximate surface area is 619 Å². The number of hydrogen-bond acceptors (Lipinski definition) is 12. The maximum absolute atomic E-state index is 16.4. The molecule has 7 aromatic carbocycles. The largest absolute Gasteiger partial charge is 0.497 e. The van der Waals surface area contributed by atoms with Gasteiger partial charge in [-0.3, -0.25) is 9.59 Å². The molecule has 3 aliphatic heterocycles. The Bertz CT molecular complexity index is 4120. The SMILES string of the molecule is CCCCCC1CCC(C2CCC(C(=O)Oc3ccc(N4CCN(c5cc6c7c(c8c(c6cc5N5CCN(c6ccc(OC(=O)C9CCC(C%10CCC(CCCC)CC%10)CC9)cc6)CC5)-c5ccccc5C8(O)C(F)(F)F)C=CC(c5ccc(OC)cc5)(c5ccc(OC)cc5)O7)CC4)cc3)CC2)CC1. The van der Waals surface area contributed by atoms with Gasteiger partial charge in [0, 0.05) is 96.9 Å². The van der Waals surface area contributed by atoms with Crippen molar-refractivity contribution in [2.24, 2.45) is 47.3 Å². The number of esters is 2. The van der Waals surface area contributed by atoms with Gasteiger partial charge < -0.3 is 48.4 Å². The number of nitrogens with zero attached hydrogens (tertiary/aromatic N) is 4. The van der Waals surface area contributed by atoms with Crippen molar-refractivity contribution in [1.82, 2.24) is 0 Å². The highest BCUT2D eigenvalue weighted by Gasteiger charge is 2.63. The summed E-state index contributed by atoms with van der Waals surface area (Å²) in [5.41, 5.74) is 0.746. The van der Waals surface area contributed by atoms with E-state index in [2.05, 4.69) is 57.7 Å². The summed E-state index contributed by atoms with van der Waals surface area (Å²) in [4.78, 5) is 36.9. The summed E-state index contributed by atoms with van der Waals surface area (Å²) in [7, 11) is 3.20. The van der Waals surface area contributed by atoms with Gasteiger partial charge >= 0.3 is 18.1 Å². The minimum absolute atomic E-state index is 0.0772. The molecule has 105 heavy (non-hydrogen) atoms. The van der Waals surface area contributed by atoms with E-state index in [1.165, 1.54) is 102 Å². The summed E-state index contributed by atoms with van der Waals surface area (Å²) >= 11 is 0. The molecular weight excluding hydrogens is 1320 g/mol. The minimum atomic E-state index is -5.13. The molecule has 15 heteroatoms. The maximum Gasteiger partial charge on any atom is 0.425 e. The lowest BCUT2D eigenvalue weighted by Gasteiger charge is -2.42. The smallest absolute Gasteiger partial charge is 0.425 e. The van der Waals surface area contributed by atoms with E-state index >= 15 is 13.2 Å². The standard InChI is InChI=1S/C90H107F3N4O8/c1-5-7-9-13-61-18-22-63(23-19-61)65-26-30-67(31-27-65)87(99)104-75-46-38-71(39-47-75)95-52-56-97(57-53-95)82-59-79-78(58-81(82)96-54-50-94(51-55-96)70-36-44-74(45-37-70)103-86(98)66-28-24-64(25-29-66)62-20-16-60(17-21-62)12-8-6-2)83-76-14-10-11-15-80(76)89(100,90(91,92)93)84(83)77-48-49-88(105-85(77)79,68-32-40-72(101-3)41-33-68)69-34-42-73(102-4)43-35-69/h10-11,14-15,32-49,58-67,100H,5-9,12-13,16-31,50-57H2,1-4H3. The van der Waals surface area contributed by atoms with Crippen molar-refractivity contribution in [1.29, 1.82) is 0 Å². The highest BCUT2D eigenvalue weighted by molar-refractivity contribution is 6.11. The number of anilines is 4. The van der Waals surface area contributed by atoms with Crippen molar-refractivity contribution in [2.45, 2.75) is 179 Å². The number of fused-ring (bicyclic) bond motifs is 8. The van der Waals surface area contributed by atoms with E-state index in [4.69, 9.17) is 23.7 Å². The molecule has 556 valence electrons. The molecule has 15 rings (SSSR count). The Hall–Kier alpha value is -8.17. The number of carbonyl (C=O) groups excluding carboxylic acids is 2. The van der Waals surface area contributed by atoms with E-state index in [9.17, 15) is 14.7 Å². The number of carbonyl (C=O) groups is 2. The molecule has 0 spiro atoms. The van der Waals surface area contributed by atoms with Crippen LogP contribution in [0.3, 0.4) is 0 Å². The van der Waals surface area contributed by atoms with Gasteiger partial charge in [0.25, 0.3) is 0 Å². The number of hydrogen-bond donors (Lipinski definition) is 1. The van der Waals surface area contributed by atoms with E-state index < -0.39 is 17.4 Å². The summed E-state index contributed by atoms with van der Waals surface area (Å²) in [5.74, 6) is 6.99. The second-order valence-electron chi connectivity index (χ2n) is 32.0. The predicted molar refractivity (Wildman–Crippen MR) is 413 cm³/mol. The van der Waals surface area contributed by atoms with Gasteiger partial charge in [-0.15, -0.1) is 0 Å². The minimum Gasteiger partial charge on any atom is -0.497 e. The van der Waals surface area contributed by atoms with Crippen LogP contribution < -0.4 is 43.3 Å². The van der Waals surface area contributed by atoms with E-state index in [1.807, 2.05) is 91.0 Å². The molecule has 4 saturated carbocycles. The van der Waals surface area contributed by atoms with Crippen molar-refractivity contribution < 1.29 is 51.6 Å². The van der Waals surface area contributed by atoms with Crippen molar-refractivity contribution >= 4 is 51.5 Å². The third-order valence-corrected chi connectivity index (χ3v) is 26.1. The monoisotopic (exact) mass is 1430 g/mol. The number of alkyl halides is 3. The lowest BCUT2D eigenvalue weighted by Crippen LogP contribution is -2.49. The van der Waals surface area contributed by atoms with Gasteiger partial charge in [0.2, 0.25) is 5.60 Å². The van der Waals surface area contributed by atoms with Crippen LogP contribution in [0.4, 0.5) is 35.9 Å². The molecule has 0 radical (unpaired) electrons. The molecule has 8 aliphatic rings. The number of benzene rings is 7. The summed E-state index contributed by atoms with van der Waals surface area (Å²) < 4.78 is 80.3. The fraction of sp³-hybridized carbons (Fsp3) is 0.511. The summed E-state index contributed by atoms with van der Waals surface area (Å²) in [6, 6.07) is 41.5. The second kappa shape index (κ2) is 31.3. The van der Waals surface area contributed by atoms with Crippen molar-refractivity contribution in [3.8, 4) is 39.9 Å². The number of aliphatic hydroxyl groups is 1. The molecule has 1 N–H and O–H groups in total. The van der Waals surface area contributed by atoms with Crippen LogP contribution in [0.25, 0.3) is 28.0 Å². The van der Waals surface area contributed by atoms with Crippen LogP contribution >= 0.6 is 0 Å². The first-order chi connectivity index (χ1) is 51.1. The Morgan fingerprint density at radius 1 is 0.495 bits per heavy atom. The number of methoxy groups -OCH3 is 2.